The van der Waals surface area contributed by atoms with Crippen LogP contribution in [0.1, 0.15) is 24.3 Å². The summed E-state index contributed by atoms with van der Waals surface area (Å²) < 4.78 is 5.60. The van der Waals surface area contributed by atoms with Gasteiger partial charge in [-0.05, 0) is 33.0 Å². The second-order valence-electron chi connectivity index (χ2n) is 4.35. The fourth-order valence-corrected chi connectivity index (χ4v) is 1.46. The van der Waals surface area contributed by atoms with Gasteiger partial charge in [0.25, 0.3) is 5.91 Å². The van der Waals surface area contributed by atoms with E-state index in [1.54, 1.807) is 30.3 Å². The lowest BCUT2D eigenvalue weighted by Gasteiger charge is -2.19. The van der Waals surface area contributed by atoms with E-state index in [0.717, 1.165) is 6.54 Å². The lowest BCUT2D eigenvalue weighted by molar-refractivity contribution is 0.0784. The molecule has 1 heterocycles. The van der Waals surface area contributed by atoms with Gasteiger partial charge in [-0.15, -0.1) is 0 Å². The maximum atomic E-state index is 12.2. The Morgan fingerprint density at radius 2 is 2.28 bits per heavy atom. The van der Waals surface area contributed by atoms with Crippen molar-refractivity contribution in [1.82, 2.24) is 15.2 Å². The normalized spacial score (nSPS) is 10.5. The molecule has 0 radical (unpaired) electrons. The molecule has 0 spiro atoms. The van der Waals surface area contributed by atoms with Crippen LogP contribution in [0.3, 0.4) is 0 Å². The summed E-state index contributed by atoms with van der Waals surface area (Å²) in [5, 5.41) is 3.01. The molecule has 0 aliphatic carbocycles. The predicted octanol–water partition coefficient (Wildman–Crippen LogP) is 1.16. The number of carbonyl (C=O) groups excluding carboxylic acids is 1. The smallest absolute Gasteiger partial charge is 0.276 e. The fourth-order valence-electron chi connectivity index (χ4n) is 1.46. The summed E-state index contributed by atoms with van der Waals surface area (Å²) in [5.41, 5.74) is 0.366. The average Bonchev–Trinajstić information content (AvgIpc) is 2.35. The first kappa shape index (κ1) is 14.4. The summed E-state index contributed by atoms with van der Waals surface area (Å²) in [6, 6.07) is 3.54. The molecule has 18 heavy (non-hydrogen) atoms. The number of carbonyl (C=O) groups is 1. The van der Waals surface area contributed by atoms with Gasteiger partial charge in [0.1, 0.15) is 0 Å². The van der Waals surface area contributed by atoms with E-state index < -0.39 is 0 Å². The summed E-state index contributed by atoms with van der Waals surface area (Å²) in [6.07, 6.45) is 1.62. The zero-order valence-corrected chi connectivity index (χ0v) is 11.4. The molecule has 0 atom stereocenters. The Morgan fingerprint density at radius 3 is 2.89 bits per heavy atom. The second-order valence-corrected chi connectivity index (χ2v) is 4.35. The van der Waals surface area contributed by atoms with Gasteiger partial charge in [-0.2, -0.15) is 0 Å². The van der Waals surface area contributed by atoms with Crippen molar-refractivity contribution in [3.8, 4) is 5.75 Å². The van der Waals surface area contributed by atoms with Crippen molar-refractivity contribution in [3.05, 3.63) is 24.0 Å². The monoisotopic (exact) mass is 251 g/mol. The lowest BCUT2D eigenvalue weighted by Crippen LogP contribution is -2.33. The highest BCUT2D eigenvalue weighted by molar-refractivity contribution is 5.94. The molecule has 0 unspecified atom stereocenters. The second kappa shape index (κ2) is 6.96. The van der Waals surface area contributed by atoms with E-state index in [9.17, 15) is 4.79 Å². The van der Waals surface area contributed by atoms with Crippen LogP contribution in [-0.2, 0) is 0 Å². The first-order valence-corrected chi connectivity index (χ1v) is 6.08. The number of ether oxygens (including phenoxy) is 1. The number of aromatic nitrogens is 1. The molecular formula is C13H21N3O2. The van der Waals surface area contributed by atoms with Gasteiger partial charge in [-0.1, -0.05) is 0 Å². The summed E-state index contributed by atoms with van der Waals surface area (Å²) in [4.78, 5) is 18.0. The Kier molecular flexibility index (Phi) is 5.58. The largest absolute Gasteiger partial charge is 0.489 e. The molecule has 0 fully saturated rings. The van der Waals surface area contributed by atoms with Gasteiger partial charge in [-0.25, -0.2) is 4.98 Å². The Bertz CT molecular complexity index is 394. The number of pyridine rings is 1. The van der Waals surface area contributed by atoms with Crippen LogP contribution in [0.5, 0.6) is 5.75 Å². The topological polar surface area (TPSA) is 54.5 Å². The van der Waals surface area contributed by atoms with Crippen LogP contribution in [0.4, 0.5) is 0 Å². The maximum absolute atomic E-state index is 12.2. The van der Waals surface area contributed by atoms with Crippen LogP contribution in [-0.4, -0.2) is 49.1 Å². The Balaban J connectivity index is 2.84. The van der Waals surface area contributed by atoms with Crippen molar-refractivity contribution in [2.24, 2.45) is 0 Å². The van der Waals surface area contributed by atoms with Gasteiger partial charge in [-0.3, -0.25) is 4.79 Å². The molecule has 1 N–H and O–H groups in total. The SMILES string of the molecule is CNCCN(C)C(=O)c1ncccc1OC(C)C. The Hall–Kier alpha value is -1.62. The molecule has 1 aromatic heterocycles. The molecular weight excluding hydrogens is 230 g/mol. The molecule has 0 aliphatic heterocycles. The number of nitrogens with one attached hydrogen (secondary N) is 1. The van der Waals surface area contributed by atoms with E-state index in [0.29, 0.717) is 18.0 Å². The zero-order valence-electron chi connectivity index (χ0n) is 11.4. The predicted molar refractivity (Wildman–Crippen MR) is 70.9 cm³/mol. The molecule has 1 amide bonds. The summed E-state index contributed by atoms with van der Waals surface area (Å²) in [6.45, 7) is 5.22. The number of nitrogens with zero attached hydrogens (tertiary/aromatic N) is 2. The molecule has 100 valence electrons. The van der Waals surface area contributed by atoms with Crippen LogP contribution in [0.25, 0.3) is 0 Å². The van der Waals surface area contributed by atoms with Gasteiger partial charge in [0.05, 0.1) is 6.10 Å². The van der Waals surface area contributed by atoms with E-state index in [4.69, 9.17) is 4.74 Å². The summed E-state index contributed by atoms with van der Waals surface area (Å²) >= 11 is 0. The van der Waals surface area contributed by atoms with Crippen molar-refractivity contribution >= 4 is 5.91 Å². The van der Waals surface area contributed by atoms with E-state index in [1.165, 1.54) is 0 Å². The quantitative estimate of drug-likeness (QED) is 0.824. The summed E-state index contributed by atoms with van der Waals surface area (Å²) in [5.74, 6) is 0.412. The Labute approximate surface area is 108 Å². The van der Waals surface area contributed by atoms with Gasteiger partial charge in [0, 0.05) is 26.3 Å². The van der Waals surface area contributed by atoms with Gasteiger partial charge < -0.3 is 15.0 Å². The van der Waals surface area contributed by atoms with E-state index in [-0.39, 0.29) is 12.0 Å². The number of hydrogen-bond donors (Lipinski definition) is 1. The summed E-state index contributed by atoms with van der Waals surface area (Å²) in [7, 11) is 3.61. The molecule has 5 nitrogen and oxygen atoms in total. The number of rotatable bonds is 6. The third-order valence-corrected chi connectivity index (χ3v) is 2.38. The molecule has 0 aromatic carbocycles. The van der Waals surface area contributed by atoms with Crippen molar-refractivity contribution < 1.29 is 9.53 Å². The third-order valence-electron chi connectivity index (χ3n) is 2.38. The fraction of sp³-hybridized carbons (Fsp3) is 0.538. The lowest BCUT2D eigenvalue weighted by atomic mass is 10.3. The van der Waals surface area contributed by atoms with Gasteiger partial charge in [0.2, 0.25) is 0 Å². The van der Waals surface area contributed by atoms with E-state index in [1.807, 2.05) is 20.9 Å². The van der Waals surface area contributed by atoms with Crippen LogP contribution < -0.4 is 10.1 Å². The number of hydrogen-bond acceptors (Lipinski definition) is 4. The molecule has 0 saturated carbocycles. The van der Waals surface area contributed by atoms with Crippen molar-refractivity contribution in [3.63, 3.8) is 0 Å². The molecule has 5 heteroatoms. The highest BCUT2D eigenvalue weighted by atomic mass is 16.5. The van der Waals surface area contributed by atoms with E-state index in [2.05, 4.69) is 10.3 Å². The minimum absolute atomic E-state index is 0.0170. The number of likely N-dealkylation sites (N-methyl/N-ethyl adjacent to an activating group) is 2. The van der Waals surface area contributed by atoms with Crippen molar-refractivity contribution in [2.45, 2.75) is 20.0 Å². The third kappa shape index (κ3) is 4.00. The molecule has 0 saturated heterocycles. The van der Waals surface area contributed by atoms with Gasteiger partial charge in [0.15, 0.2) is 11.4 Å². The molecule has 0 aliphatic rings. The van der Waals surface area contributed by atoms with E-state index >= 15 is 0 Å². The first-order valence-electron chi connectivity index (χ1n) is 6.08. The minimum atomic E-state index is -0.124. The van der Waals surface area contributed by atoms with Crippen molar-refractivity contribution in [2.75, 3.05) is 27.2 Å². The van der Waals surface area contributed by atoms with Crippen LogP contribution in [0.15, 0.2) is 18.3 Å². The van der Waals surface area contributed by atoms with Crippen LogP contribution in [0.2, 0.25) is 0 Å². The molecule has 1 rings (SSSR count). The minimum Gasteiger partial charge on any atom is -0.489 e. The molecule has 1 aromatic rings. The molecule has 0 bridgehead atoms. The van der Waals surface area contributed by atoms with Crippen molar-refractivity contribution in [1.29, 1.82) is 0 Å². The standard InChI is InChI=1S/C13H21N3O2/c1-10(2)18-11-6-5-7-15-12(11)13(17)16(4)9-8-14-3/h5-7,10,14H,8-9H2,1-4H3. The highest BCUT2D eigenvalue weighted by Gasteiger charge is 2.18. The van der Waals surface area contributed by atoms with Crippen LogP contribution in [0, 0.1) is 0 Å². The highest BCUT2D eigenvalue weighted by Crippen LogP contribution is 2.18. The van der Waals surface area contributed by atoms with Crippen LogP contribution >= 0.6 is 0 Å². The maximum Gasteiger partial charge on any atom is 0.276 e. The average molecular weight is 251 g/mol. The first-order chi connectivity index (χ1) is 8.56. The Morgan fingerprint density at radius 1 is 1.56 bits per heavy atom. The number of amides is 1. The van der Waals surface area contributed by atoms with Gasteiger partial charge >= 0.3 is 0 Å². The zero-order chi connectivity index (χ0) is 13.5.